The summed E-state index contributed by atoms with van der Waals surface area (Å²) in [6.45, 7) is 6.49. The van der Waals surface area contributed by atoms with Gasteiger partial charge in [0.1, 0.15) is 0 Å². The van der Waals surface area contributed by atoms with E-state index in [-0.39, 0.29) is 0 Å². The van der Waals surface area contributed by atoms with Crippen LogP contribution in [0.4, 0.5) is 0 Å². The van der Waals surface area contributed by atoms with Gasteiger partial charge in [0, 0.05) is 19.2 Å². The van der Waals surface area contributed by atoms with Gasteiger partial charge < -0.3 is 10.0 Å². The number of carbonyl (C=O) groups is 1. The molecule has 0 amide bonds. The summed E-state index contributed by atoms with van der Waals surface area (Å²) in [5, 5.41) is 8.56. The Bertz CT molecular complexity index is 423. The molecule has 104 valence electrons. The molecule has 0 spiro atoms. The molecule has 1 N–H and O–H groups in total. The maximum absolute atomic E-state index is 10.4. The molecular formula is C16H23NO2. The number of rotatable bonds is 7. The molecule has 3 heteroatoms. The number of hydrogen-bond donors (Lipinski definition) is 1. The summed E-state index contributed by atoms with van der Waals surface area (Å²) in [5.74, 6) is -0.208. The fourth-order valence-corrected chi connectivity index (χ4v) is 1.94. The summed E-state index contributed by atoms with van der Waals surface area (Å²) >= 11 is 0. The lowest BCUT2D eigenvalue weighted by Gasteiger charge is -2.20. The van der Waals surface area contributed by atoms with Gasteiger partial charge in [-0.3, -0.25) is 0 Å². The van der Waals surface area contributed by atoms with Crippen molar-refractivity contribution in [2.75, 3.05) is 13.6 Å². The van der Waals surface area contributed by atoms with Crippen molar-refractivity contribution in [2.45, 2.75) is 26.8 Å². The van der Waals surface area contributed by atoms with E-state index in [2.05, 4.69) is 37.9 Å². The van der Waals surface area contributed by atoms with E-state index < -0.39 is 5.97 Å². The lowest BCUT2D eigenvalue weighted by Crippen LogP contribution is -2.23. The first-order valence-corrected chi connectivity index (χ1v) is 6.69. The Balaban J connectivity index is 2.54. The van der Waals surface area contributed by atoms with E-state index in [9.17, 15) is 4.79 Å². The summed E-state index contributed by atoms with van der Waals surface area (Å²) < 4.78 is 0. The standard InChI is InChI=1S/C16H23NO2/c1-4-13(2)11-17(3)12-15-7-5-14(6-8-15)9-10-16(18)19/h5-10,13H,4,11-12H2,1-3H3,(H,18,19). The zero-order valence-corrected chi connectivity index (χ0v) is 12.0. The largest absolute Gasteiger partial charge is 0.478 e. The average Bonchev–Trinajstić information content (AvgIpc) is 2.37. The van der Waals surface area contributed by atoms with Gasteiger partial charge in [-0.25, -0.2) is 4.79 Å². The number of benzene rings is 1. The molecule has 1 rings (SSSR count). The highest BCUT2D eigenvalue weighted by Gasteiger charge is 2.05. The van der Waals surface area contributed by atoms with E-state index >= 15 is 0 Å². The molecule has 0 fully saturated rings. The van der Waals surface area contributed by atoms with E-state index in [1.54, 1.807) is 6.08 Å². The Morgan fingerprint density at radius 1 is 1.37 bits per heavy atom. The van der Waals surface area contributed by atoms with Gasteiger partial charge in [0.2, 0.25) is 0 Å². The Kier molecular flexibility index (Phi) is 6.30. The smallest absolute Gasteiger partial charge is 0.328 e. The SMILES string of the molecule is CCC(C)CN(C)Cc1ccc(C=CC(=O)O)cc1. The molecule has 0 heterocycles. The van der Waals surface area contributed by atoms with Crippen molar-refractivity contribution < 1.29 is 9.90 Å². The van der Waals surface area contributed by atoms with Crippen molar-refractivity contribution >= 4 is 12.0 Å². The molecule has 0 bridgehead atoms. The van der Waals surface area contributed by atoms with Crippen LogP contribution >= 0.6 is 0 Å². The third-order valence-electron chi connectivity index (χ3n) is 3.17. The minimum Gasteiger partial charge on any atom is -0.478 e. The van der Waals surface area contributed by atoms with E-state index in [0.717, 1.165) is 24.7 Å². The van der Waals surface area contributed by atoms with Crippen LogP contribution < -0.4 is 0 Å². The molecule has 0 radical (unpaired) electrons. The van der Waals surface area contributed by atoms with Crippen LogP contribution in [0.15, 0.2) is 30.3 Å². The molecule has 0 aliphatic heterocycles. The fraction of sp³-hybridized carbons (Fsp3) is 0.438. The van der Waals surface area contributed by atoms with Gasteiger partial charge in [-0.2, -0.15) is 0 Å². The highest BCUT2D eigenvalue weighted by molar-refractivity contribution is 5.85. The van der Waals surface area contributed by atoms with Crippen LogP contribution in [0.1, 0.15) is 31.4 Å². The van der Waals surface area contributed by atoms with E-state index in [1.165, 1.54) is 12.0 Å². The second-order valence-electron chi connectivity index (χ2n) is 5.12. The number of carboxylic acid groups (broad SMARTS) is 1. The summed E-state index contributed by atoms with van der Waals surface area (Å²) in [4.78, 5) is 12.7. The van der Waals surface area contributed by atoms with Crippen molar-refractivity contribution in [3.8, 4) is 0 Å². The van der Waals surface area contributed by atoms with Crippen LogP contribution in [0.3, 0.4) is 0 Å². The van der Waals surface area contributed by atoms with Gasteiger partial charge in [0.05, 0.1) is 0 Å². The molecule has 0 saturated carbocycles. The van der Waals surface area contributed by atoms with Crippen LogP contribution in [-0.2, 0) is 11.3 Å². The van der Waals surface area contributed by atoms with Crippen molar-refractivity contribution in [3.05, 3.63) is 41.5 Å². The first-order valence-electron chi connectivity index (χ1n) is 6.69. The zero-order chi connectivity index (χ0) is 14.3. The van der Waals surface area contributed by atoms with E-state index in [1.807, 2.05) is 12.1 Å². The van der Waals surface area contributed by atoms with Crippen LogP contribution in [-0.4, -0.2) is 29.6 Å². The van der Waals surface area contributed by atoms with Crippen molar-refractivity contribution in [1.82, 2.24) is 4.90 Å². The number of nitrogens with zero attached hydrogens (tertiary/aromatic N) is 1. The Hall–Kier alpha value is -1.61. The maximum atomic E-state index is 10.4. The first-order chi connectivity index (χ1) is 9.01. The number of carboxylic acids is 1. The molecular weight excluding hydrogens is 238 g/mol. The molecule has 1 aromatic rings. The molecule has 0 saturated heterocycles. The van der Waals surface area contributed by atoms with Crippen LogP contribution in [0.2, 0.25) is 0 Å². The van der Waals surface area contributed by atoms with Crippen LogP contribution in [0.5, 0.6) is 0 Å². The monoisotopic (exact) mass is 261 g/mol. The van der Waals surface area contributed by atoms with E-state index in [0.29, 0.717) is 5.92 Å². The maximum Gasteiger partial charge on any atom is 0.328 e. The predicted molar refractivity (Wildman–Crippen MR) is 78.9 cm³/mol. The molecule has 1 atom stereocenters. The number of hydrogen-bond acceptors (Lipinski definition) is 2. The van der Waals surface area contributed by atoms with Gasteiger partial charge >= 0.3 is 5.97 Å². The Morgan fingerprint density at radius 3 is 2.53 bits per heavy atom. The van der Waals surface area contributed by atoms with Crippen molar-refractivity contribution in [1.29, 1.82) is 0 Å². The summed E-state index contributed by atoms with van der Waals surface area (Å²) in [5.41, 5.74) is 2.16. The van der Waals surface area contributed by atoms with Gasteiger partial charge in [0.25, 0.3) is 0 Å². The number of aliphatic carboxylic acids is 1. The second-order valence-corrected chi connectivity index (χ2v) is 5.12. The van der Waals surface area contributed by atoms with Gasteiger partial charge in [0.15, 0.2) is 0 Å². The van der Waals surface area contributed by atoms with Gasteiger partial charge in [-0.15, -0.1) is 0 Å². The van der Waals surface area contributed by atoms with Crippen molar-refractivity contribution in [3.63, 3.8) is 0 Å². The molecule has 1 unspecified atom stereocenters. The van der Waals surface area contributed by atoms with E-state index in [4.69, 9.17) is 5.11 Å². The Labute approximate surface area is 115 Å². The summed E-state index contributed by atoms with van der Waals surface area (Å²) in [7, 11) is 2.13. The molecule has 0 aromatic heterocycles. The summed E-state index contributed by atoms with van der Waals surface area (Å²) in [6.07, 6.45) is 3.96. The summed E-state index contributed by atoms with van der Waals surface area (Å²) in [6, 6.07) is 8.00. The third kappa shape index (κ3) is 6.20. The minimum atomic E-state index is -0.919. The third-order valence-corrected chi connectivity index (χ3v) is 3.17. The van der Waals surface area contributed by atoms with Crippen molar-refractivity contribution in [2.24, 2.45) is 5.92 Å². The minimum absolute atomic E-state index is 0.711. The highest BCUT2D eigenvalue weighted by atomic mass is 16.4. The topological polar surface area (TPSA) is 40.5 Å². The lowest BCUT2D eigenvalue weighted by atomic mass is 10.1. The molecule has 19 heavy (non-hydrogen) atoms. The molecule has 0 aliphatic rings. The quantitative estimate of drug-likeness (QED) is 0.766. The molecule has 1 aromatic carbocycles. The second kappa shape index (κ2) is 7.74. The predicted octanol–water partition coefficient (Wildman–Crippen LogP) is 3.26. The Morgan fingerprint density at radius 2 is 2.00 bits per heavy atom. The fourth-order valence-electron chi connectivity index (χ4n) is 1.94. The van der Waals surface area contributed by atoms with Gasteiger partial charge in [-0.05, 0) is 30.2 Å². The van der Waals surface area contributed by atoms with Gasteiger partial charge in [-0.1, -0.05) is 44.5 Å². The normalized spacial score (nSPS) is 13.1. The van der Waals surface area contributed by atoms with Crippen LogP contribution in [0, 0.1) is 5.92 Å². The average molecular weight is 261 g/mol. The highest BCUT2D eigenvalue weighted by Crippen LogP contribution is 2.10. The zero-order valence-electron chi connectivity index (χ0n) is 12.0. The van der Waals surface area contributed by atoms with Crippen LogP contribution in [0.25, 0.3) is 6.08 Å². The molecule has 3 nitrogen and oxygen atoms in total. The lowest BCUT2D eigenvalue weighted by molar-refractivity contribution is -0.131. The first kappa shape index (κ1) is 15.4. The molecule has 0 aliphatic carbocycles.